The van der Waals surface area contributed by atoms with E-state index in [-0.39, 0.29) is 5.41 Å². The maximum Gasteiger partial charge on any atom is 0.222 e. The van der Waals surface area contributed by atoms with Crippen LogP contribution in [0.15, 0.2) is 63.8 Å². The molecule has 0 amide bonds. The summed E-state index contributed by atoms with van der Waals surface area (Å²) in [6, 6.07) is 16.1. The van der Waals surface area contributed by atoms with Gasteiger partial charge in [0.1, 0.15) is 7.05 Å². The summed E-state index contributed by atoms with van der Waals surface area (Å²) in [7, 11) is 2.22. The number of pyridine rings is 1. The van der Waals surface area contributed by atoms with Crippen LogP contribution in [0.3, 0.4) is 0 Å². The van der Waals surface area contributed by atoms with Crippen LogP contribution in [0.4, 0.5) is 0 Å². The van der Waals surface area contributed by atoms with Gasteiger partial charge in [-0.1, -0.05) is 56.8 Å². The van der Waals surface area contributed by atoms with Crippen molar-refractivity contribution in [3.63, 3.8) is 0 Å². The largest absolute Gasteiger partial charge is 0.222 e. The standard InChI is InChI=1S/C30H26NS3/c1-16-18-8-6-7-9-19(18)21(15-30(2,3)4)27-23(16)25-24-17(10-12-31(25)5)14-20-26-22(11-13-32-26)33-28(20)29(24)34-27/h6-14H,15H2,1-5H3/q+1. The fraction of sp³-hybridized carbons (Fsp3) is 0.233. The second kappa shape index (κ2) is 7.07. The van der Waals surface area contributed by atoms with Gasteiger partial charge in [-0.05, 0) is 63.6 Å². The summed E-state index contributed by atoms with van der Waals surface area (Å²) in [5.41, 5.74) is 5.92. The van der Waals surface area contributed by atoms with Crippen LogP contribution in [0.2, 0.25) is 0 Å². The molecule has 3 aromatic carbocycles. The molecule has 0 spiro atoms. The molecule has 1 aliphatic heterocycles. The van der Waals surface area contributed by atoms with E-state index in [0.29, 0.717) is 0 Å². The topological polar surface area (TPSA) is 3.88 Å². The fourth-order valence-corrected chi connectivity index (χ4v) is 9.58. The third kappa shape index (κ3) is 2.82. The molecule has 6 aromatic rings. The van der Waals surface area contributed by atoms with E-state index >= 15 is 0 Å². The Balaban J connectivity index is 1.70. The zero-order chi connectivity index (χ0) is 23.4. The smallest absolute Gasteiger partial charge is 0.200 e. The van der Waals surface area contributed by atoms with Crippen molar-refractivity contribution in [1.82, 2.24) is 0 Å². The maximum absolute atomic E-state index is 2.44. The first-order valence-electron chi connectivity index (χ1n) is 11.8. The Morgan fingerprint density at radius 3 is 2.50 bits per heavy atom. The molecule has 0 aliphatic carbocycles. The van der Waals surface area contributed by atoms with Crippen molar-refractivity contribution in [3.05, 3.63) is 65.2 Å². The number of hydrogen-bond donors (Lipinski definition) is 0. The van der Waals surface area contributed by atoms with Gasteiger partial charge in [0, 0.05) is 25.9 Å². The fourth-order valence-electron chi connectivity index (χ4n) is 5.69. The Hall–Kier alpha value is -2.40. The highest BCUT2D eigenvalue weighted by atomic mass is 32.2. The lowest BCUT2D eigenvalue weighted by Gasteiger charge is -2.28. The van der Waals surface area contributed by atoms with E-state index in [2.05, 4.69) is 93.4 Å². The number of aromatic nitrogens is 1. The lowest BCUT2D eigenvalue weighted by molar-refractivity contribution is -0.659. The third-order valence-corrected chi connectivity index (χ3v) is 10.8. The molecular formula is C30H26NS3+. The van der Waals surface area contributed by atoms with Crippen molar-refractivity contribution in [3.8, 4) is 11.3 Å². The Kier molecular flexibility index (Phi) is 4.35. The van der Waals surface area contributed by atoms with E-state index in [0.717, 1.165) is 6.42 Å². The summed E-state index contributed by atoms with van der Waals surface area (Å²) in [6.07, 6.45) is 3.32. The van der Waals surface area contributed by atoms with E-state index in [1.165, 1.54) is 73.2 Å². The number of nitrogens with zero attached hydrogens (tertiary/aromatic N) is 1. The van der Waals surface area contributed by atoms with Crippen molar-refractivity contribution in [2.75, 3.05) is 0 Å². The highest BCUT2D eigenvalue weighted by molar-refractivity contribution is 8.00. The summed E-state index contributed by atoms with van der Waals surface area (Å²) < 4.78 is 6.65. The second-order valence-electron chi connectivity index (χ2n) is 10.7. The van der Waals surface area contributed by atoms with Crippen molar-refractivity contribution >= 4 is 75.5 Å². The zero-order valence-electron chi connectivity index (χ0n) is 20.1. The molecule has 0 atom stereocenters. The van der Waals surface area contributed by atoms with Crippen LogP contribution in [0.25, 0.3) is 52.3 Å². The normalized spacial score (nSPS) is 13.4. The van der Waals surface area contributed by atoms with Gasteiger partial charge < -0.3 is 0 Å². The average Bonchev–Trinajstić information content (AvgIpc) is 3.40. The Labute approximate surface area is 212 Å². The molecule has 34 heavy (non-hydrogen) atoms. The highest BCUT2D eigenvalue weighted by Gasteiger charge is 2.34. The van der Waals surface area contributed by atoms with Crippen molar-refractivity contribution in [2.45, 2.75) is 43.9 Å². The number of aryl methyl sites for hydroxylation is 2. The SMILES string of the molecule is Cc1c2c(c(CC(C)(C)C)c3ccccc13)Sc1c3sc4ccsc4c3cc3cc[n+](C)c-2c13. The lowest BCUT2D eigenvalue weighted by atomic mass is 9.83. The molecule has 3 aromatic heterocycles. The van der Waals surface area contributed by atoms with Crippen molar-refractivity contribution < 1.29 is 4.57 Å². The number of thiophene rings is 2. The first kappa shape index (κ1) is 20.9. The lowest BCUT2D eigenvalue weighted by Crippen LogP contribution is -2.32. The monoisotopic (exact) mass is 496 g/mol. The number of hydrogen-bond acceptors (Lipinski definition) is 3. The van der Waals surface area contributed by atoms with Crippen LogP contribution in [0.5, 0.6) is 0 Å². The van der Waals surface area contributed by atoms with Crippen LogP contribution in [-0.4, -0.2) is 0 Å². The second-order valence-corrected chi connectivity index (χ2v) is 13.7. The molecular weight excluding hydrogens is 471 g/mol. The van der Waals surface area contributed by atoms with Crippen LogP contribution >= 0.6 is 34.4 Å². The molecule has 0 saturated heterocycles. The van der Waals surface area contributed by atoms with Gasteiger partial charge in [0.15, 0.2) is 6.20 Å². The van der Waals surface area contributed by atoms with Gasteiger partial charge in [0.25, 0.3) is 0 Å². The molecule has 0 radical (unpaired) electrons. The minimum Gasteiger partial charge on any atom is -0.200 e. The predicted molar refractivity (Wildman–Crippen MR) is 151 cm³/mol. The summed E-state index contributed by atoms with van der Waals surface area (Å²) in [6.45, 7) is 9.41. The van der Waals surface area contributed by atoms with E-state index in [1.807, 2.05) is 34.4 Å². The van der Waals surface area contributed by atoms with E-state index in [9.17, 15) is 0 Å². The first-order valence-corrected chi connectivity index (χ1v) is 14.3. The molecule has 0 saturated carbocycles. The Morgan fingerprint density at radius 2 is 1.71 bits per heavy atom. The Bertz CT molecular complexity index is 1810. The summed E-state index contributed by atoms with van der Waals surface area (Å²) in [4.78, 5) is 2.91. The molecule has 168 valence electrons. The molecule has 4 heterocycles. The number of fused-ring (bicyclic) bond motifs is 7. The van der Waals surface area contributed by atoms with Crippen molar-refractivity contribution in [1.29, 1.82) is 0 Å². The van der Waals surface area contributed by atoms with Gasteiger partial charge in [-0.15, -0.1) is 22.7 Å². The van der Waals surface area contributed by atoms with E-state index in [4.69, 9.17) is 0 Å². The van der Waals surface area contributed by atoms with E-state index < -0.39 is 0 Å². The molecule has 4 heteroatoms. The molecule has 0 bridgehead atoms. The molecule has 0 unspecified atom stereocenters. The Morgan fingerprint density at radius 1 is 0.912 bits per heavy atom. The summed E-state index contributed by atoms with van der Waals surface area (Å²) in [5, 5.41) is 9.23. The van der Waals surface area contributed by atoms with Gasteiger partial charge in [0.2, 0.25) is 5.69 Å². The molecule has 0 N–H and O–H groups in total. The van der Waals surface area contributed by atoms with Gasteiger partial charge in [-0.3, -0.25) is 0 Å². The van der Waals surface area contributed by atoms with Crippen molar-refractivity contribution in [2.24, 2.45) is 12.5 Å². The van der Waals surface area contributed by atoms with Crippen LogP contribution < -0.4 is 4.57 Å². The first-order chi connectivity index (χ1) is 16.3. The van der Waals surface area contributed by atoms with Gasteiger partial charge >= 0.3 is 0 Å². The van der Waals surface area contributed by atoms with Gasteiger partial charge in [-0.25, -0.2) is 4.57 Å². The molecule has 7 rings (SSSR count). The summed E-state index contributed by atoms with van der Waals surface area (Å²) >= 11 is 5.87. The quantitative estimate of drug-likeness (QED) is 0.205. The average molecular weight is 497 g/mol. The predicted octanol–water partition coefficient (Wildman–Crippen LogP) is 9.28. The molecule has 1 aliphatic rings. The van der Waals surface area contributed by atoms with E-state index in [1.54, 1.807) is 0 Å². The number of benzene rings is 3. The van der Waals surface area contributed by atoms with Crippen LogP contribution in [-0.2, 0) is 13.5 Å². The maximum atomic E-state index is 2.44. The molecule has 1 nitrogen and oxygen atoms in total. The molecule has 0 fully saturated rings. The van der Waals surface area contributed by atoms with Crippen LogP contribution in [0, 0.1) is 12.3 Å². The zero-order valence-corrected chi connectivity index (χ0v) is 22.5. The number of rotatable bonds is 1. The van der Waals surface area contributed by atoms with Crippen LogP contribution in [0.1, 0.15) is 31.9 Å². The summed E-state index contributed by atoms with van der Waals surface area (Å²) in [5.74, 6) is 0. The highest BCUT2D eigenvalue weighted by Crippen LogP contribution is 2.56. The minimum atomic E-state index is 0.207. The van der Waals surface area contributed by atoms with Gasteiger partial charge in [-0.2, -0.15) is 0 Å². The third-order valence-electron chi connectivity index (χ3n) is 7.10. The van der Waals surface area contributed by atoms with Gasteiger partial charge in [0.05, 0.1) is 20.3 Å². The minimum absolute atomic E-state index is 0.207.